The van der Waals surface area contributed by atoms with Crippen molar-refractivity contribution < 1.29 is 13.3 Å². The van der Waals surface area contributed by atoms with E-state index in [1.165, 1.54) is 5.56 Å². The van der Waals surface area contributed by atoms with Crippen molar-refractivity contribution in [3.8, 4) is 0 Å². The number of fused-ring (bicyclic) bond motifs is 12. The van der Waals surface area contributed by atoms with Crippen molar-refractivity contribution in [2.45, 2.75) is 25.7 Å². The highest BCUT2D eigenvalue weighted by Gasteiger charge is 2.41. The zero-order valence-electron chi connectivity index (χ0n) is 39.7. The van der Waals surface area contributed by atoms with E-state index in [9.17, 15) is 0 Å². The zero-order valence-corrected chi connectivity index (χ0v) is 39.7. The van der Waals surface area contributed by atoms with Gasteiger partial charge in [-0.1, -0.05) is 152 Å². The van der Waals surface area contributed by atoms with Gasteiger partial charge >= 0.3 is 0 Å². The summed E-state index contributed by atoms with van der Waals surface area (Å²) in [6, 6.07) is 72.2. The highest BCUT2D eigenvalue weighted by Crippen LogP contribution is 2.52. The third kappa shape index (κ3) is 6.56. The topological polar surface area (TPSA) is 69.1 Å². The standard InChI is InChI=1S/C66H45N3O3/c1-40(43-30-32-51-48-23-11-15-27-58(48)70-61(51)35-43)67-65(68-41(2)44-31-33-52-49-24-12-16-28-59(49)71-62(52)36-44)45-34-53(42-18-6-4-7-19-42)64(66(3,39-45)46-20-8-5-9-21-46)69-56-26-14-10-22-47(56)54-38-63-55(37-57(54)69)50-25-13-17-29-60(50)72-63/h4-38H,1,39H2,2-3H3. The van der Waals surface area contributed by atoms with E-state index >= 15 is 0 Å². The molecule has 1 unspecified atom stereocenters. The van der Waals surface area contributed by atoms with Gasteiger partial charge in [0.2, 0.25) is 0 Å². The van der Waals surface area contributed by atoms with E-state index in [1.807, 2.05) is 48.5 Å². The molecule has 1 aliphatic carbocycles. The van der Waals surface area contributed by atoms with Crippen LogP contribution in [0.25, 0.3) is 105 Å². The predicted molar refractivity (Wildman–Crippen MR) is 299 cm³/mol. The van der Waals surface area contributed by atoms with Gasteiger partial charge < -0.3 is 17.8 Å². The summed E-state index contributed by atoms with van der Waals surface area (Å²) in [5, 5.41) is 8.73. The van der Waals surface area contributed by atoms with Crippen LogP contribution in [0.5, 0.6) is 0 Å². The maximum absolute atomic E-state index is 6.53. The minimum absolute atomic E-state index is 0.571. The first-order valence-electron chi connectivity index (χ1n) is 24.4. The van der Waals surface area contributed by atoms with Crippen LogP contribution in [0.1, 0.15) is 42.5 Å². The molecule has 0 spiro atoms. The molecule has 0 N–H and O–H groups in total. The molecule has 4 aromatic heterocycles. The van der Waals surface area contributed by atoms with Gasteiger partial charge in [0.25, 0.3) is 0 Å². The lowest BCUT2D eigenvalue weighted by atomic mass is 9.68. The van der Waals surface area contributed by atoms with Gasteiger partial charge in [-0.3, -0.25) is 0 Å². The molecule has 1 atom stereocenters. The van der Waals surface area contributed by atoms with Gasteiger partial charge in [0, 0.05) is 71.1 Å². The summed E-state index contributed by atoms with van der Waals surface area (Å²) in [6.45, 7) is 9.08. The predicted octanol–water partition coefficient (Wildman–Crippen LogP) is 17.7. The number of hydrogen-bond acceptors (Lipinski definition) is 4. The molecule has 14 rings (SSSR count). The molecule has 0 amide bonds. The highest BCUT2D eigenvalue weighted by molar-refractivity contribution is 6.21. The number of aromatic nitrogens is 1. The van der Waals surface area contributed by atoms with Crippen LogP contribution in [0.15, 0.2) is 248 Å². The Morgan fingerprint density at radius 1 is 0.472 bits per heavy atom. The van der Waals surface area contributed by atoms with Crippen molar-refractivity contribution in [2.75, 3.05) is 0 Å². The molecule has 13 aromatic rings. The van der Waals surface area contributed by atoms with Crippen LogP contribution >= 0.6 is 0 Å². The van der Waals surface area contributed by atoms with Gasteiger partial charge in [0.05, 0.1) is 16.7 Å². The molecular formula is C66H45N3O3. The van der Waals surface area contributed by atoms with Crippen LogP contribution in [-0.2, 0) is 5.41 Å². The van der Waals surface area contributed by atoms with Gasteiger partial charge in [0.1, 0.15) is 33.5 Å². The minimum atomic E-state index is -0.634. The summed E-state index contributed by atoms with van der Waals surface area (Å²) in [5.74, 6) is 0.579. The Morgan fingerprint density at radius 2 is 0.986 bits per heavy atom. The molecule has 0 aliphatic heterocycles. The van der Waals surface area contributed by atoms with E-state index in [0.29, 0.717) is 18.0 Å². The number of benzene rings is 9. The van der Waals surface area contributed by atoms with Gasteiger partial charge in [-0.25, -0.2) is 9.98 Å². The van der Waals surface area contributed by atoms with E-state index < -0.39 is 5.41 Å². The van der Waals surface area contributed by atoms with Crippen molar-refractivity contribution in [2.24, 2.45) is 9.98 Å². The molecule has 0 bridgehead atoms. The first-order chi connectivity index (χ1) is 35.4. The van der Waals surface area contributed by atoms with Crippen molar-refractivity contribution in [3.63, 3.8) is 0 Å². The first-order valence-corrected chi connectivity index (χ1v) is 24.4. The molecule has 0 radical (unpaired) electrons. The summed E-state index contributed by atoms with van der Waals surface area (Å²) in [7, 11) is 0. The number of rotatable bonds is 7. The quantitative estimate of drug-likeness (QED) is 0.118. The minimum Gasteiger partial charge on any atom is -0.456 e. The van der Waals surface area contributed by atoms with Crippen LogP contribution in [-0.4, -0.2) is 16.1 Å². The average molecular weight is 928 g/mol. The van der Waals surface area contributed by atoms with E-state index in [4.69, 9.17) is 23.2 Å². The molecule has 1 aliphatic rings. The Balaban J connectivity index is 1.04. The smallest absolute Gasteiger partial charge is 0.156 e. The monoisotopic (exact) mass is 927 g/mol. The largest absolute Gasteiger partial charge is 0.456 e. The van der Waals surface area contributed by atoms with Crippen molar-refractivity contribution in [1.82, 2.24) is 4.57 Å². The van der Waals surface area contributed by atoms with E-state index in [-0.39, 0.29) is 0 Å². The molecule has 72 heavy (non-hydrogen) atoms. The third-order valence-corrected chi connectivity index (χ3v) is 14.8. The number of hydrogen-bond donors (Lipinski definition) is 0. The van der Waals surface area contributed by atoms with Crippen molar-refractivity contribution in [3.05, 3.63) is 247 Å². The highest BCUT2D eigenvalue weighted by atomic mass is 16.3. The zero-order chi connectivity index (χ0) is 48.1. The fraction of sp³-hybridized carbons (Fsp3) is 0.0606. The second-order valence-electron chi connectivity index (χ2n) is 19.2. The maximum Gasteiger partial charge on any atom is 0.156 e. The van der Waals surface area contributed by atoms with Gasteiger partial charge in [-0.05, 0) is 109 Å². The number of aliphatic imine (C=N–C) groups is 2. The molecule has 9 aromatic carbocycles. The van der Waals surface area contributed by atoms with Gasteiger partial charge in [-0.15, -0.1) is 0 Å². The third-order valence-electron chi connectivity index (χ3n) is 14.8. The lowest BCUT2D eigenvalue weighted by Gasteiger charge is -2.40. The maximum atomic E-state index is 6.53. The second-order valence-corrected chi connectivity index (χ2v) is 19.2. The number of amidine groups is 1. The summed E-state index contributed by atoms with van der Waals surface area (Å²) >= 11 is 0. The van der Waals surface area contributed by atoms with Crippen molar-refractivity contribution in [1.29, 1.82) is 0 Å². The number of allylic oxidation sites excluding steroid dienone is 3. The second kappa shape index (κ2) is 16.2. The van der Waals surface area contributed by atoms with Crippen LogP contribution in [0.2, 0.25) is 0 Å². The molecular weight excluding hydrogens is 883 g/mol. The molecule has 342 valence electrons. The Bertz CT molecular complexity index is 4520. The summed E-state index contributed by atoms with van der Waals surface area (Å²) in [5.41, 5.74) is 15.2. The van der Waals surface area contributed by atoms with Gasteiger partial charge in [0.15, 0.2) is 5.84 Å². The summed E-state index contributed by atoms with van der Waals surface area (Å²) in [4.78, 5) is 11.0. The molecule has 0 saturated carbocycles. The van der Waals surface area contributed by atoms with Crippen LogP contribution in [0.4, 0.5) is 0 Å². The normalized spacial score (nSPS) is 15.9. The fourth-order valence-corrected chi connectivity index (χ4v) is 11.3. The van der Waals surface area contributed by atoms with E-state index in [0.717, 1.165) is 127 Å². The van der Waals surface area contributed by atoms with Crippen LogP contribution < -0.4 is 0 Å². The lowest BCUT2D eigenvalue weighted by molar-refractivity contribution is 0.591. The molecule has 0 saturated heterocycles. The van der Waals surface area contributed by atoms with Crippen molar-refractivity contribution >= 4 is 116 Å². The van der Waals surface area contributed by atoms with E-state index in [2.05, 4.69) is 189 Å². The lowest BCUT2D eigenvalue weighted by Crippen LogP contribution is -2.32. The Hall–Kier alpha value is -9.26. The Labute approximate surface area is 414 Å². The van der Waals surface area contributed by atoms with Crippen LogP contribution in [0.3, 0.4) is 0 Å². The molecule has 0 fully saturated rings. The average Bonchev–Trinajstić information content (AvgIpc) is 4.18. The molecule has 6 heteroatoms. The number of para-hydroxylation sites is 4. The summed E-state index contributed by atoms with van der Waals surface area (Å²) < 4.78 is 21.8. The molecule has 6 nitrogen and oxygen atoms in total. The SMILES string of the molecule is C=C(N=C(N=C(C)c1ccc2c(c1)oc1ccccc12)C1=CC(c2ccccc2)=C(n2c3ccccc3c3cc4oc5ccccc5c4cc32)C(C)(c2ccccc2)C1)c1ccc2c(c1)oc1ccccc12. The Kier molecular flexibility index (Phi) is 9.35. The van der Waals surface area contributed by atoms with E-state index in [1.54, 1.807) is 0 Å². The fourth-order valence-electron chi connectivity index (χ4n) is 11.3. The number of nitrogens with zero attached hydrogens (tertiary/aromatic N) is 3. The Morgan fingerprint density at radius 3 is 1.64 bits per heavy atom. The van der Waals surface area contributed by atoms with Gasteiger partial charge in [-0.2, -0.15) is 0 Å². The number of furan rings is 3. The first kappa shape index (κ1) is 41.7. The molecule has 4 heterocycles. The summed E-state index contributed by atoms with van der Waals surface area (Å²) in [6.07, 6.45) is 2.90. The van der Waals surface area contributed by atoms with Crippen LogP contribution in [0, 0.1) is 0 Å².